The number of hydrogen-bond donors (Lipinski definition) is 4. The molecule has 0 aromatic carbocycles. The minimum absolute atomic E-state index is 0.0983. The van der Waals surface area contributed by atoms with Gasteiger partial charge in [0.25, 0.3) is 0 Å². The molecule has 0 aliphatic carbocycles. The Balaban J connectivity index is 3.94. The molecule has 0 spiro atoms. The summed E-state index contributed by atoms with van der Waals surface area (Å²) in [4.78, 5) is 46.1. The molecule has 0 saturated heterocycles. The van der Waals surface area contributed by atoms with Gasteiger partial charge in [0, 0.05) is 12.8 Å². The Morgan fingerprint density at radius 3 is 1.26 bits per heavy atom. The van der Waals surface area contributed by atoms with Crippen LogP contribution in [0.15, 0.2) is 122 Å². The Kier molecular flexibility index (Phi) is 44.4. The van der Waals surface area contributed by atoms with E-state index in [2.05, 4.69) is 141 Å². The summed E-state index contributed by atoms with van der Waals surface area (Å²) in [5.41, 5.74) is 0. The van der Waals surface area contributed by atoms with Gasteiger partial charge >= 0.3 is 19.8 Å². The molecule has 0 rings (SSSR count). The maximum absolute atomic E-state index is 12.3. The topological polar surface area (TPSA) is 169 Å². The number of aliphatic hydroxyl groups is 1. The standard InChI is InChI=1S/C54H86NO10P/c1-3-5-7-9-11-13-15-17-19-21-23-24-25-26-28-30-32-34-36-38-40-42-44-46-53(58)63-47-50(56)48-64-66(61,62)65-49-51(54(59)60)55-52(57)45-43-41-39-37-35-33-31-29-27-22-20-18-16-14-12-10-8-6-4-2/h5-8,11-14,17-20,23-24,26-29,33,35,50-51,56H,3-4,9-10,15-16,21-22,25,30-32,34,36-49H2,1-2H3,(H,55,57)(H,59,60)(H,61,62)/b7-5-,8-6-,13-11-,14-12-,19-17-,20-18-,24-23-,28-26-,29-27-,35-33-. The van der Waals surface area contributed by atoms with Crippen molar-refractivity contribution in [3.05, 3.63) is 122 Å². The van der Waals surface area contributed by atoms with Crippen LogP contribution < -0.4 is 5.32 Å². The molecule has 66 heavy (non-hydrogen) atoms. The fraction of sp³-hybridized carbons (Fsp3) is 0.574. The molecule has 0 bridgehead atoms. The van der Waals surface area contributed by atoms with Crippen molar-refractivity contribution >= 4 is 25.7 Å². The van der Waals surface area contributed by atoms with Gasteiger partial charge in [0.15, 0.2) is 6.04 Å². The number of phosphoric ester groups is 1. The fourth-order valence-electron chi connectivity index (χ4n) is 6.01. The number of allylic oxidation sites excluding steroid dienone is 20. The van der Waals surface area contributed by atoms with Gasteiger partial charge in [0.1, 0.15) is 12.7 Å². The smallest absolute Gasteiger partial charge is 0.472 e. The number of rotatable bonds is 44. The maximum atomic E-state index is 12.3. The van der Waals surface area contributed by atoms with Gasteiger partial charge in [-0.05, 0) is 103 Å². The van der Waals surface area contributed by atoms with Crippen molar-refractivity contribution in [1.82, 2.24) is 5.32 Å². The Hall–Kier alpha value is -4.12. The minimum Gasteiger partial charge on any atom is -0.480 e. The molecule has 0 aromatic rings. The number of phosphoric acid groups is 1. The molecule has 3 unspecified atom stereocenters. The van der Waals surface area contributed by atoms with E-state index in [1.807, 2.05) is 0 Å². The fourth-order valence-corrected chi connectivity index (χ4v) is 6.79. The molecular formula is C54H86NO10P. The Bertz CT molecular complexity index is 1570. The third kappa shape index (κ3) is 46.4. The average molecular weight is 940 g/mol. The molecule has 0 aliphatic rings. The first-order valence-corrected chi connectivity index (χ1v) is 26.1. The van der Waals surface area contributed by atoms with Gasteiger partial charge in [-0.25, -0.2) is 9.36 Å². The second-order valence-electron chi connectivity index (χ2n) is 15.9. The van der Waals surface area contributed by atoms with Gasteiger partial charge in [-0.1, -0.05) is 174 Å². The van der Waals surface area contributed by atoms with Crippen molar-refractivity contribution in [2.24, 2.45) is 0 Å². The molecule has 11 nitrogen and oxygen atoms in total. The molecule has 0 heterocycles. The Morgan fingerprint density at radius 2 is 0.833 bits per heavy atom. The lowest BCUT2D eigenvalue weighted by atomic mass is 10.1. The third-order valence-electron chi connectivity index (χ3n) is 9.75. The normalized spacial score (nSPS) is 14.6. The molecule has 0 saturated carbocycles. The average Bonchev–Trinajstić information content (AvgIpc) is 3.29. The van der Waals surface area contributed by atoms with Crippen LogP contribution in [0.1, 0.15) is 168 Å². The maximum Gasteiger partial charge on any atom is 0.472 e. The number of carboxylic acid groups (broad SMARTS) is 1. The SMILES string of the molecule is CC/C=C\C/C=C\C/C=C\C/C=C\C/C=C\CCCCCCCCCC(=O)OCC(O)COP(=O)(O)OCC(NC(=O)CCCCC/C=C\C/C=C\C/C=C\C/C=C\C/C=C\CC)C(=O)O. The van der Waals surface area contributed by atoms with Gasteiger partial charge in [0.05, 0.1) is 13.2 Å². The summed E-state index contributed by atoms with van der Waals surface area (Å²) in [7, 11) is -4.78. The summed E-state index contributed by atoms with van der Waals surface area (Å²) in [5.74, 6) is -2.45. The van der Waals surface area contributed by atoms with Crippen LogP contribution in [0.2, 0.25) is 0 Å². The molecule has 0 radical (unpaired) electrons. The predicted octanol–water partition coefficient (Wildman–Crippen LogP) is 13.6. The van der Waals surface area contributed by atoms with E-state index >= 15 is 0 Å². The van der Waals surface area contributed by atoms with Crippen LogP contribution in [0.25, 0.3) is 0 Å². The van der Waals surface area contributed by atoms with E-state index < -0.39 is 57.6 Å². The minimum atomic E-state index is -4.78. The van der Waals surface area contributed by atoms with E-state index in [1.165, 1.54) is 6.42 Å². The monoisotopic (exact) mass is 940 g/mol. The van der Waals surface area contributed by atoms with Crippen LogP contribution in [0.4, 0.5) is 0 Å². The van der Waals surface area contributed by atoms with E-state index in [0.29, 0.717) is 12.8 Å². The largest absolute Gasteiger partial charge is 0.480 e. The number of nitrogens with one attached hydrogen (secondary N) is 1. The summed E-state index contributed by atoms with van der Waals surface area (Å²) >= 11 is 0. The van der Waals surface area contributed by atoms with Crippen molar-refractivity contribution < 1.29 is 47.8 Å². The number of carbonyl (C=O) groups is 3. The summed E-state index contributed by atoms with van der Waals surface area (Å²) < 4.78 is 26.9. The highest BCUT2D eigenvalue weighted by molar-refractivity contribution is 7.47. The third-order valence-corrected chi connectivity index (χ3v) is 10.7. The van der Waals surface area contributed by atoms with E-state index in [1.54, 1.807) is 0 Å². The highest BCUT2D eigenvalue weighted by Gasteiger charge is 2.28. The Labute approximate surface area is 398 Å². The zero-order valence-electron chi connectivity index (χ0n) is 40.4. The lowest BCUT2D eigenvalue weighted by molar-refractivity contribution is -0.147. The van der Waals surface area contributed by atoms with Crippen molar-refractivity contribution in [2.75, 3.05) is 19.8 Å². The van der Waals surface area contributed by atoms with Crippen LogP contribution in [0.3, 0.4) is 0 Å². The van der Waals surface area contributed by atoms with Gasteiger partial charge in [-0.15, -0.1) is 0 Å². The number of amides is 1. The lowest BCUT2D eigenvalue weighted by Gasteiger charge is -2.18. The number of ether oxygens (including phenoxy) is 1. The second-order valence-corrected chi connectivity index (χ2v) is 17.3. The first-order chi connectivity index (χ1) is 32.1. The number of unbranched alkanes of at least 4 members (excludes halogenated alkanes) is 10. The first-order valence-electron chi connectivity index (χ1n) is 24.6. The lowest BCUT2D eigenvalue weighted by Crippen LogP contribution is -2.43. The van der Waals surface area contributed by atoms with Crippen molar-refractivity contribution in [1.29, 1.82) is 0 Å². The van der Waals surface area contributed by atoms with E-state index in [0.717, 1.165) is 122 Å². The number of carboxylic acids is 1. The quantitative estimate of drug-likeness (QED) is 0.0200. The van der Waals surface area contributed by atoms with E-state index in [-0.39, 0.29) is 12.8 Å². The summed E-state index contributed by atoms with van der Waals surface area (Å²) in [5, 5.41) is 21.9. The molecular weight excluding hydrogens is 854 g/mol. The van der Waals surface area contributed by atoms with Crippen molar-refractivity contribution in [3.8, 4) is 0 Å². The summed E-state index contributed by atoms with van der Waals surface area (Å²) in [6, 6.07) is -1.58. The second kappa shape index (κ2) is 47.4. The zero-order valence-corrected chi connectivity index (χ0v) is 41.3. The highest BCUT2D eigenvalue weighted by Crippen LogP contribution is 2.43. The number of carbonyl (C=O) groups excluding carboxylic acids is 2. The number of aliphatic hydroxyl groups excluding tert-OH is 1. The zero-order chi connectivity index (χ0) is 48.4. The molecule has 0 aliphatic heterocycles. The van der Waals surface area contributed by atoms with Crippen LogP contribution in [-0.4, -0.2) is 64.9 Å². The summed E-state index contributed by atoms with van der Waals surface area (Å²) in [6.45, 7) is 2.32. The Morgan fingerprint density at radius 1 is 0.485 bits per heavy atom. The van der Waals surface area contributed by atoms with Crippen LogP contribution in [-0.2, 0) is 32.7 Å². The predicted molar refractivity (Wildman–Crippen MR) is 272 cm³/mol. The van der Waals surface area contributed by atoms with Crippen LogP contribution >= 0.6 is 7.82 Å². The van der Waals surface area contributed by atoms with Crippen LogP contribution in [0, 0.1) is 0 Å². The molecule has 0 aromatic heterocycles. The molecule has 12 heteroatoms. The number of hydrogen-bond acceptors (Lipinski definition) is 8. The molecule has 3 atom stereocenters. The van der Waals surface area contributed by atoms with Gasteiger partial charge in [-0.2, -0.15) is 0 Å². The van der Waals surface area contributed by atoms with Gasteiger partial charge < -0.3 is 25.2 Å². The van der Waals surface area contributed by atoms with Crippen molar-refractivity contribution in [2.45, 2.75) is 180 Å². The molecule has 372 valence electrons. The van der Waals surface area contributed by atoms with E-state index in [9.17, 15) is 34.1 Å². The molecule has 4 N–H and O–H groups in total. The molecule has 0 fully saturated rings. The van der Waals surface area contributed by atoms with Crippen molar-refractivity contribution in [3.63, 3.8) is 0 Å². The van der Waals surface area contributed by atoms with Crippen LogP contribution in [0.5, 0.6) is 0 Å². The van der Waals surface area contributed by atoms with Gasteiger partial charge in [0.2, 0.25) is 5.91 Å². The first kappa shape index (κ1) is 61.9. The number of esters is 1. The number of aliphatic carboxylic acids is 1. The van der Waals surface area contributed by atoms with Gasteiger partial charge in [-0.3, -0.25) is 18.6 Å². The highest BCUT2D eigenvalue weighted by atomic mass is 31.2. The van der Waals surface area contributed by atoms with E-state index in [4.69, 9.17) is 13.8 Å². The summed E-state index contributed by atoms with van der Waals surface area (Å²) in [6.07, 6.45) is 63.6. The molecule has 1 amide bonds.